The molecule has 1 aromatic carbocycles. The summed E-state index contributed by atoms with van der Waals surface area (Å²) in [5, 5.41) is 16.1. The highest BCUT2D eigenvalue weighted by molar-refractivity contribution is 7.09. The fourth-order valence-electron chi connectivity index (χ4n) is 7.71. The first-order valence-electron chi connectivity index (χ1n) is 20.2. The molecule has 57 heavy (non-hydrogen) atoms. The predicted molar refractivity (Wildman–Crippen MR) is 218 cm³/mol. The molecule has 8 atom stereocenters. The Bertz CT molecular complexity index is 1680. The maximum Gasteiger partial charge on any atom is 0.308 e. The summed E-state index contributed by atoms with van der Waals surface area (Å²) in [6, 6.07) is 4.86. The second-order valence-electron chi connectivity index (χ2n) is 16.1. The number of Topliss-reactive ketones (excluding diaryl/α,β-unsaturated/α-hetero) is 1. The molecule has 0 aliphatic carbocycles. The van der Waals surface area contributed by atoms with Gasteiger partial charge in [0.2, 0.25) is 5.91 Å². The van der Waals surface area contributed by atoms with Crippen LogP contribution < -0.4 is 5.32 Å². The zero-order valence-electron chi connectivity index (χ0n) is 35.3. The molecule has 0 bridgehead atoms. The molecule has 15 heteroatoms. The number of likely N-dealkylation sites (N-methyl/N-ethyl adjacent to an activating group) is 1. The van der Waals surface area contributed by atoms with Gasteiger partial charge in [0.05, 0.1) is 24.0 Å². The number of carbonyl (C=O) groups excluding carboxylic acids is 5. The fourth-order valence-corrected chi connectivity index (χ4v) is 8.54. The smallest absolute Gasteiger partial charge is 0.308 e. The number of aromatic nitrogens is 1. The first kappa shape index (κ1) is 47.1. The number of ether oxygens (including phenoxy) is 2. The predicted octanol–water partition coefficient (Wildman–Crippen LogP) is 6.81. The van der Waals surface area contributed by atoms with Crippen molar-refractivity contribution in [3.05, 3.63) is 56.0 Å². The van der Waals surface area contributed by atoms with Crippen LogP contribution in [-0.4, -0.2) is 94.6 Å². The van der Waals surface area contributed by atoms with E-state index in [1.54, 1.807) is 24.4 Å². The number of non-ortho nitro benzene ring substituents is 1. The minimum atomic E-state index is -0.861. The zero-order valence-corrected chi connectivity index (χ0v) is 36.1. The van der Waals surface area contributed by atoms with Crippen molar-refractivity contribution in [2.75, 3.05) is 27.2 Å². The van der Waals surface area contributed by atoms with Crippen molar-refractivity contribution < 1.29 is 38.4 Å². The molecular weight excluding hydrogens is 751 g/mol. The van der Waals surface area contributed by atoms with Crippen LogP contribution in [-0.2, 0) is 35.1 Å². The van der Waals surface area contributed by atoms with E-state index in [9.17, 15) is 34.1 Å². The lowest BCUT2D eigenvalue weighted by atomic mass is 9.81. The molecular formula is C42H63N5O9S. The van der Waals surface area contributed by atoms with Crippen molar-refractivity contribution in [3.8, 4) is 0 Å². The van der Waals surface area contributed by atoms with Crippen LogP contribution in [0.25, 0.3) is 0 Å². The number of ketones is 1. The Kier molecular flexibility index (Phi) is 18.2. The van der Waals surface area contributed by atoms with Crippen molar-refractivity contribution in [3.63, 3.8) is 0 Å². The van der Waals surface area contributed by atoms with Crippen molar-refractivity contribution >= 4 is 46.6 Å². The van der Waals surface area contributed by atoms with E-state index in [1.807, 2.05) is 46.6 Å². The lowest BCUT2D eigenvalue weighted by molar-refractivity contribution is -0.384. The van der Waals surface area contributed by atoms with Crippen molar-refractivity contribution in [1.29, 1.82) is 0 Å². The van der Waals surface area contributed by atoms with Gasteiger partial charge >= 0.3 is 11.9 Å². The number of nitrogens with one attached hydrogen (secondary N) is 1. The quantitative estimate of drug-likeness (QED) is 0.0795. The molecule has 0 unspecified atom stereocenters. The molecule has 1 aromatic heterocycles. The molecule has 1 saturated heterocycles. The molecule has 0 radical (unpaired) electrons. The number of thiazole rings is 1. The number of nitro groups is 1. The number of likely N-dealkylation sites (tertiary alicyclic amines) is 1. The Morgan fingerprint density at radius 2 is 1.75 bits per heavy atom. The molecule has 2 heterocycles. The number of benzene rings is 1. The first-order valence-corrected chi connectivity index (χ1v) is 21.1. The van der Waals surface area contributed by atoms with E-state index in [2.05, 4.69) is 22.1 Å². The summed E-state index contributed by atoms with van der Waals surface area (Å²) >= 11 is 1.17. The van der Waals surface area contributed by atoms with E-state index in [4.69, 9.17) is 9.47 Å². The number of piperidine rings is 1. The minimum absolute atomic E-state index is 0.0289. The van der Waals surface area contributed by atoms with Crippen molar-refractivity contribution in [2.45, 2.75) is 125 Å². The number of rotatable bonds is 21. The zero-order chi connectivity index (χ0) is 42.6. The molecule has 2 aromatic rings. The number of hydrogen-bond donors (Lipinski definition) is 1. The standard InChI is InChI=1S/C42H63N5O9S/c1-11-27(6)33(22-37(49)36-19-26(5)17-18-45(36)9)41(51)46(12-2)35(25(3)4)23-38(56-29(8)48)40-44-34(24-57-40)39(50)43-31(20-28(7)42(52)55-10)21-30-13-15-32(16-14-30)47(53)54/h13-16,24-28,31,33,35-36,38H,11-12,17-23H2,1-10H3,(H,43,50)/t26-,27+,28+,31-,33+,35-,36-,38-/m1/s1. The van der Waals surface area contributed by atoms with Gasteiger partial charge in [0.15, 0.2) is 11.9 Å². The topological polar surface area (TPSA) is 178 Å². The van der Waals surface area contributed by atoms with Crippen LogP contribution in [0.3, 0.4) is 0 Å². The molecule has 2 amide bonds. The van der Waals surface area contributed by atoms with E-state index >= 15 is 0 Å². The highest BCUT2D eigenvalue weighted by Gasteiger charge is 2.39. The Morgan fingerprint density at radius 3 is 2.32 bits per heavy atom. The fraction of sp³-hybridized carbons (Fsp3) is 0.667. The second-order valence-corrected chi connectivity index (χ2v) is 17.0. The SMILES string of the molecule is CC[C@H](C)[C@H](CC(=O)[C@H]1C[C@H](C)CCN1C)C(=O)N(CC)[C@H](C[C@@H](OC(C)=O)c1nc(C(=O)N[C@@H](Cc2ccc([N+](=O)[O-])cc2)C[C@H](C)C(=O)OC)cs1)C(C)C. The van der Waals surface area contributed by atoms with Crippen LogP contribution in [0.4, 0.5) is 5.69 Å². The summed E-state index contributed by atoms with van der Waals surface area (Å²) in [6.07, 6.45) is 2.62. The maximum absolute atomic E-state index is 14.6. The molecule has 14 nitrogen and oxygen atoms in total. The summed E-state index contributed by atoms with van der Waals surface area (Å²) in [6.45, 7) is 16.4. The van der Waals surface area contributed by atoms with Crippen molar-refractivity contribution in [1.82, 2.24) is 20.1 Å². The van der Waals surface area contributed by atoms with E-state index in [1.165, 1.54) is 37.5 Å². The highest BCUT2D eigenvalue weighted by Crippen LogP contribution is 2.34. The average molecular weight is 814 g/mol. The number of nitro benzene ring substituents is 1. The molecule has 3 rings (SSSR count). The van der Waals surface area contributed by atoms with Crippen LogP contribution in [0.2, 0.25) is 0 Å². The average Bonchev–Trinajstić information content (AvgIpc) is 3.67. The normalized spacial score (nSPS) is 19.1. The Balaban J connectivity index is 1.87. The van der Waals surface area contributed by atoms with Gasteiger partial charge in [-0.1, -0.05) is 60.1 Å². The Hall–Kier alpha value is -4.24. The number of amides is 2. The van der Waals surface area contributed by atoms with E-state index in [0.717, 1.165) is 31.4 Å². The maximum atomic E-state index is 14.6. The van der Waals surface area contributed by atoms with Gasteiger partial charge in [0.1, 0.15) is 10.7 Å². The largest absolute Gasteiger partial charge is 0.469 e. The van der Waals surface area contributed by atoms with Crippen LogP contribution in [0.15, 0.2) is 29.6 Å². The molecule has 316 valence electrons. The molecule has 1 aliphatic heterocycles. The van der Waals surface area contributed by atoms with Crippen LogP contribution in [0.1, 0.15) is 121 Å². The van der Waals surface area contributed by atoms with Gasteiger partial charge < -0.3 is 19.7 Å². The summed E-state index contributed by atoms with van der Waals surface area (Å²) in [5.74, 6) is -2.16. The summed E-state index contributed by atoms with van der Waals surface area (Å²) in [5.41, 5.74) is 0.754. The van der Waals surface area contributed by atoms with Gasteiger partial charge in [-0.3, -0.25) is 39.0 Å². The monoisotopic (exact) mass is 813 g/mol. The highest BCUT2D eigenvalue weighted by atomic mass is 32.1. The second kappa shape index (κ2) is 22.1. The van der Waals surface area contributed by atoms with Gasteiger partial charge in [-0.15, -0.1) is 11.3 Å². The number of carbonyl (C=O) groups is 5. The summed E-state index contributed by atoms with van der Waals surface area (Å²) < 4.78 is 10.7. The van der Waals surface area contributed by atoms with Gasteiger partial charge in [0.25, 0.3) is 11.6 Å². The van der Waals surface area contributed by atoms with Crippen molar-refractivity contribution in [2.24, 2.45) is 29.6 Å². The lowest BCUT2D eigenvalue weighted by Crippen LogP contribution is -2.50. The third-order valence-corrected chi connectivity index (χ3v) is 12.3. The number of nitrogens with zero attached hydrogens (tertiary/aromatic N) is 4. The van der Waals surface area contributed by atoms with Crippen LogP contribution in [0.5, 0.6) is 0 Å². The Morgan fingerprint density at radius 1 is 1.09 bits per heavy atom. The minimum Gasteiger partial charge on any atom is -0.469 e. The van der Waals surface area contributed by atoms with E-state index in [0.29, 0.717) is 17.5 Å². The number of esters is 2. The molecule has 0 saturated carbocycles. The number of hydrogen-bond acceptors (Lipinski definition) is 12. The van der Waals surface area contributed by atoms with E-state index < -0.39 is 46.8 Å². The molecule has 1 fully saturated rings. The van der Waals surface area contributed by atoms with Gasteiger partial charge in [0, 0.05) is 61.8 Å². The summed E-state index contributed by atoms with van der Waals surface area (Å²) in [4.78, 5) is 86.1. The lowest BCUT2D eigenvalue weighted by Gasteiger charge is -2.39. The Labute approximate surface area is 341 Å². The third kappa shape index (κ3) is 13.4. The first-order chi connectivity index (χ1) is 26.9. The molecule has 1 aliphatic rings. The van der Waals surface area contributed by atoms with E-state index in [-0.39, 0.29) is 72.7 Å². The summed E-state index contributed by atoms with van der Waals surface area (Å²) in [7, 11) is 3.28. The van der Waals surface area contributed by atoms with Crippen LogP contribution in [0, 0.1) is 39.7 Å². The van der Waals surface area contributed by atoms with Gasteiger partial charge in [-0.25, -0.2) is 4.98 Å². The van der Waals surface area contributed by atoms with Gasteiger partial charge in [-0.2, -0.15) is 0 Å². The van der Waals surface area contributed by atoms with Gasteiger partial charge in [-0.05, 0) is 69.5 Å². The molecule has 1 N–H and O–H groups in total. The third-order valence-electron chi connectivity index (χ3n) is 11.4. The molecule has 0 spiro atoms. The van der Waals surface area contributed by atoms with Crippen LogP contribution >= 0.6 is 11.3 Å². The number of methoxy groups -OCH3 is 1.